The summed E-state index contributed by atoms with van der Waals surface area (Å²) in [5.41, 5.74) is 3.79. The normalized spacial score (nSPS) is 23.9. The topological polar surface area (TPSA) is 74.6 Å². The first-order chi connectivity index (χ1) is 25.9. The van der Waals surface area contributed by atoms with E-state index in [0.717, 1.165) is 89.4 Å². The number of nitrogens with zero attached hydrogens (tertiary/aromatic N) is 2. The van der Waals surface area contributed by atoms with Gasteiger partial charge in [0.25, 0.3) is 0 Å². The Balaban J connectivity index is 0.000000208. The quantitative estimate of drug-likeness (QED) is 0.152. The van der Waals surface area contributed by atoms with Crippen molar-refractivity contribution in [3.8, 4) is 17.2 Å². The fourth-order valence-corrected chi connectivity index (χ4v) is 8.14. The molecule has 4 unspecified atom stereocenters. The minimum absolute atomic E-state index is 0.105. The largest absolute Gasteiger partial charge is 0.497 e. The molecule has 2 saturated carbocycles. The Kier molecular flexibility index (Phi) is 13.8. The second-order valence-electron chi connectivity index (χ2n) is 15.1. The summed E-state index contributed by atoms with van der Waals surface area (Å²) in [5, 5.41) is 23.7. The highest BCUT2D eigenvalue weighted by Gasteiger charge is 2.48. The molecule has 0 aromatic heterocycles. The van der Waals surface area contributed by atoms with Gasteiger partial charge in [0.05, 0.1) is 26.9 Å². The molecule has 54 heavy (non-hydrogen) atoms. The van der Waals surface area contributed by atoms with Crippen LogP contribution in [0.2, 0.25) is 0 Å². The van der Waals surface area contributed by atoms with Crippen LogP contribution in [0, 0.1) is 17.7 Å². The first-order valence-corrected chi connectivity index (χ1v) is 18.7. The van der Waals surface area contributed by atoms with Crippen LogP contribution in [0.3, 0.4) is 0 Å². The minimum Gasteiger partial charge on any atom is -0.497 e. The van der Waals surface area contributed by atoms with Crippen LogP contribution in [-0.4, -0.2) is 88.2 Å². The third kappa shape index (κ3) is 9.60. The molecule has 2 aliphatic carbocycles. The zero-order valence-corrected chi connectivity index (χ0v) is 32.9. The van der Waals surface area contributed by atoms with Gasteiger partial charge in [-0.05, 0) is 124 Å². The molecule has 0 heterocycles. The lowest BCUT2D eigenvalue weighted by Crippen LogP contribution is -2.42. The Morgan fingerprint density at radius 3 is 1.76 bits per heavy atom. The number of aliphatic hydroxyl groups is 2. The molecular weight excluding hydrogens is 680 g/mol. The first kappa shape index (κ1) is 40.7. The first-order valence-electron chi connectivity index (χ1n) is 18.7. The lowest BCUT2D eigenvalue weighted by molar-refractivity contribution is 0.0196. The predicted molar refractivity (Wildman–Crippen MR) is 216 cm³/mol. The minimum atomic E-state index is -1.04. The summed E-state index contributed by atoms with van der Waals surface area (Å²) >= 11 is 0. The van der Waals surface area contributed by atoms with Crippen LogP contribution in [0.25, 0.3) is 12.2 Å². The van der Waals surface area contributed by atoms with Gasteiger partial charge in [-0.1, -0.05) is 66.7 Å². The van der Waals surface area contributed by atoms with Gasteiger partial charge in [-0.25, -0.2) is 4.39 Å². The van der Waals surface area contributed by atoms with Gasteiger partial charge < -0.3 is 34.2 Å². The molecule has 0 aliphatic heterocycles. The monoisotopic (exact) mass is 736 g/mol. The Bertz CT molecular complexity index is 1870. The van der Waals surface area contributed by atoms with Crippen molar-refractivity contribution in [1.29, 1.82) is 0 Å². The van der Waals surface area contributed by atoms with Crippen molar-refractivity contribution in [1.82, 2.24) is 9.80 Å². The molecule has 0 radical (unpaired) electrons. The van der Waals surface area contributed by atoms with Crippen LogP contribution in [0.15, 0.2) is 108 Å². The van der Waals surface area contributed by atoms with Crippen LogP contribution >= 0.6 is 0 Å². The summed E-state index contributed by atoms with van der Waals surface area (Å²) in [6.45, 7) is 1.61. The molecule has 4 aromatic carbocycles. The summed E-state index contributed by atoms with van der Waals surface area (Å²) in [4.78, 5) is 4.25. The number of hydrogen-bond donors (Lipinski definition) is 2. The third-order valence-electron chi connectivity index (χ3n) is 10.8. The smallest absolute Gasteiger partial charge is 0.125 e. The molecule has 8 heteroatoms. The van der Waals surface area contributed by atoms with Gasteiger partial charge in [0.2, 0.25) is 0 Å². The Morgan fingerprint density at radius 2 is 1.20 bits per heavy atom. The number of halogens is 1. The van der Waals surface area contributed by atoms with Crippen molar-refractivity contribution in [3.63, 3.8) is 0 Å². The molecule has 288 valence electrons. The van der Waals surface area contributed by atoms with Crippen LogP contribution in [0.4, 0.5) is 4.39 Å². The van der Waals surface area contributed by atoms with Crippen molar-refractivity contribution >= 4 is 12.2 Å². The number of para-hydroxylation sites is 1. The number of methoxy groups -OCH3 is 3. The molecule has 6 rings (SSSR count). The molecule has 2 N–H and O–H groups in total. The number of ether oxygens (including phenoxy) is 3. The second-order valence-corrected chi connectivity index (χ2v) is 15.1. The van der Waals surface area contributed by atoms with E-state index in [9.17, 15) is 14.6 Å². The van der Waals surface area contributed by atoms with E-state index in [0.29, 0.717) is 6.42 Å². The summed E-state index contributed by atoms with van der Waals surface area (Å²) in [7, 11) is 13.1. The van der Waals surface area contributed by atoms with E-state index >= 15 is 0 Å². The highest BCUT2D eigenvalue weighted by molar-refractivity contribution is 5.60. The molecule has 4 atom stereocenters. The van der Waals surface area contributed by atoms with E-state index in [1.807, 2.05) is 107 Å². The van der Waals surface area contributed by atoms with Gasteiger partial charge >= 0.3 is 0 Å². The fourth-order valence-electron chi connectivity index (χ4n) is 8.14. The van der Waals surface area contributed by atoms with Crippen LogP contribution in [0.1, 0.15) is 47.9 Å². The summed E-state index contributed by atoms with van der Waals surface area (Å²) in [6.07, 6.45) is 8.18. The van der Waals surface area contributed by atoms with E-state index < -0.39 is 11.2 Å². The molecule has 0 amide bonds. The maximum atomic E-state index is 13.7. The average molecular weight is 737 g/mol. The Morgan fingerprint density at radius 1 is 0.667 bits per heavy atom. The van der Waals surface area contributed by atoms with Crippen molar-refractivity contribution in [3.05, 3.63) is 136 Å². The fraction of sp³-hybridized carbons (Fsp3) is 0.391. The molecule has 0 spiro atoms. The highest BCUT2D eigenvalue weighted by atomic mass is 19.1. The van der Waals surface area contributed by atoms with Crippen molar-refractivity contribution in [2.24, 2.45) is 11.8 Å². The number of rotatable bonds is 12. The summed E-state index contributed by atoms with van der Waals surface area (Å²) in [5.74, 6) is 2.32. The standard InChI is InChI=1S/C23H28FNO2.C23H29NO3/c1-25(2)16-20-10-9-19(13-17-7-11-22(27-3)12-8-17)23(20,26)15-18-5-4-6-21(24)14-18;1-24(2)16-19-12-11-18(15-17-9-13-20(26-3)14-10-17)23(19,25)21-7-5-6-8-22(21)27-4/h4-8,11-14,20,26H,9-10,15-16H2,1-3H3;5-10,13-15,19,25H,11-12,16H2,1-4H3. The van der Waals surface area contributed by atoms with Gasteiger partial charge in [0.15, 0.2) is 0 Å². The van der Waals surface area contributed by atoms with Crippen LogP contribution < -0.4 is 14.2 Å². The van der Waals surface area contributed by atoms with Gasteiger partial charge in [-0.3, -0.25) is 0 Å². The number of hydrogen-bond acceptors (Lipinski definition) is 7. The van der Waals surface area contributed by atoms with Crippen molar-refractivity contribution in [2.75, 3.05) is 62.6 Å². The van der Waals surface area contributed by atoms with Crippen molar-refractivity contribution < 1.29 is 28.8 Å². The molecule has 0 saturated heterocycles. The molecule has 2 fully saturated rings. The molecule has 4 aromatic rings. The molecule has 0 bridgehead atoms. The summed E-state index contributed by atoms with van der Waals surface area (Å²) < 4.78 is 29.7. The zero-order chi connectivity index (χ0) is 38.9. The van der Waals surface area contributed by atoms with E-state index in [2.05, 4.69) is 22.0 Å². The van der Waals surface area contributed by atoms with E-state index in [-0.39, 0.29) is 17.7 Å². The lowest BCUT2D eigenvalue weighted by atomic mass is 9.80. The van der Waals surface area contributed by atoms with E-state index in [1.165, 1.54) is 12.1 Å². The van der Waals surface area contributed by atoms with E-state index in [1.54, 1.807) is 27.4 Å². The van der Waals surface area contributed by atoms with Crippen molar-refractivity contribution in [2.45, 2.75) is 43.3 Å². The second kappa shape index (κ2) is 18.2. The van der Waals surface area contributed by atoms with Gasteiger partial charge in [-0.2, -0.15) is 0 Å². The molecule has 2 aliphatic rings. The maximum absolute atomic E-state index is 13.7. The van der Waals surface area contributed by atoms with Gasteiger partial charge in [-0.15, -0.1) is 0 Å². The number of benzene rings is 4. The van der Waals surface area contributed by atoms with E-state index in [4.69, 9.17) is 14.2 Å². The van der Waals surface area contributed by atoms with Crippen LogP contribution in [-0.2, 0) is 12.0 Å². The van der Waals surface area contributed by atoms with Gasteiger partial charge in [0.1, 0.15) is 28.7 Å². The highest BCUT2D eigenvalue weighted by Crippen LogP contribution is 2.51. The lowest BCUT2D eigenvalue weighted by Gasteiger charge is -2.35. The third-order valence-corrected chi connectivity index (χ3v) is 10.8. The Labute approximate surface area is 321 Å². The Hall–Kier alpha value is -4.47. The molecular formula is C46H57FN2O5. The SMILES string of the molecule is COc1ccc(C=C2CCC(CN(C)C)C2(O)Cc2cccc(F)c2)cc1.COc1ccc(C=C2CCC(CN(C)C)C2(O)c2ccccc2OC)cc1. The predicted octanol–water partition coefficient (Wildman–Crippen LogP) is 8.11. The van der Waals surface area contributed by atoms with Gasteiger partial charge in [0, 0.05) is 36.9 Å². The molecule has 7 nitrogen and oxygen atoms in total. The average Bonchev–Trinajstić information content (AvgIpc) is 3.62. The maximum Gasteiger partial charge on any atom is 0.125 e. The summed E-state index contributed by atoms with van der Waals surface area (Å²) in [6, 6.07) is 30.1. The zero-order valence-electron chi connectivity index (χ0n) is 32.9. The van der Waals surface area contributed by atoms with Crippen LogP contribution in [0.5, 0.6) is 17.2 Å².